The normalized spacial score (nSPS) is 13.8. The lowest BCUT2D eigenvalue weighted by Crippen LogP contribution is -2.27. The van der Waals surface area contributed by atoms with Crippen LogP contribution in [0.1, 0.15) is 20.8 Å². The molecule has 12 heavy (non-hydrogen) atoms. The van der Waals surface area contributed by atoms with Crippen molar-refractivity contribution in [2.24, 2.45) is 0 Å². The molecule has 3 heteroatoms. The van der Waals surface area contributed by atoms with Gasteiger partial charge in [-0.15, -0.1) is 0 Å². The summed E-state index contributed by atoms with van der Waals surface area (Å²) in [5.41, 5.74) is 0. The molecule has 0 aliphatic carbocycles. The van der Waals surface area contributed by atoms with Gasteiger partial charge in [0, 0.05) is 19.7 Å². The minimum absolute atomic E-state index is 0.198. The fourth-order valence-corrected chi connectivity index (χ4v) is 0.737. The summed E-state index contributed by atoms with van der Waals surface area (Å²) < 4.78 is 10.4. The van der Waals surface area contributed by atoms with E-state index in [4.69, 9.17) is 9.47 Å². The van der Waals surface area contributed by atoms with Crippen molar-refractivity contribution in [2.45, 2.75) is 32.9 Å². The second-order valence-electron chi connectivity index (χ2n) is 3.23. The average Bonchev–Trinajstić information content (AvgIpc) is 2.03. The molecular formula is C9H21NO2. The molecule has 1 N–H and O–H groups in total. The molecule has 0 aromatic rings. The number of nitrogens with one attached hydrogen (secondary N) is 1. The number of methoxy groups -OCH3 is 1. The molecule has 0 rings (SSSR count). The molecular weight excluding hydrogens is 154 g/mol. The van der Waals surface area contributed by atoms with Gasteiger partial charge in [0.2, 0.25) is 0 Å². The Balaban J connectivity index is 3.00. The second-order valence-corrected chi connectivity index (χ2v) is 3.23. The van der Waals surface area contributed by atoms with Crippen LogP contribution < -0.4 is 5.32 Å². The number of ether oxygens (including phenoxy) is 2. The van der Waals surface area contributed by atoms with Crippen molar-refractivity contribution in [3.8, 4) is 0 Å². The molecule has 0 aliphatic rings. The molecule has 0 radical (unpaired) electrons. The predicted octanol–water partition coefficient (Wildman–Crippen LogP) is 1.04. The number of hydrogen-bond acceptors (Lipinski definition) is 3. The van der Waals surface area contributed by atoms with E-state index in [2.05, 4.69) is 19.2 Å². The van der Waals surface area contributed by atoms with Crippen LogP contribution in [0.4, 0.5) is 0 Å². The Kier molecular flexibility index (Phi) is 7.45. The molecule has 0 aromatic heterocycles. The van der Waals surface area contributed by atoms with Gasteiger partial charge in [-0.2, -0.15) is 0 Å². The summed E-state index contributed by atoms with van der Waals surface area (Å²) in [6.45, 7) is 8.59. The van der Waals surface area contributed by atoms with Crippen molar-refractivity contribution in [1.82, 2.24) is 5.32 Å². The van der Waals surface area contributed by atoms with Crippen LogP contribution in [0.3, 0.4) is 0 Å². The maximum absolute atomic E-state index is 5.35. The lowest BCUT2D eigenvalue weighted by Gasteiger charge is -2.11. The minimum atomic E-state index is 0.198. The third-order valence-electron chi connectivity index (χ3n) is 1.55. The zero-order chi connectivity index (χ0) is 9.40. The van der Waals surface area contributed by atoms with Crippen LogP contribution in [0.2, 0.25) is 0 Å². The third-order valence-corrected chi connectivity index (χ3v) is 1.55. The van der Waals surface area contributed by atoms with Crippen molar-refractivity contribution in [1.29, 1.82) is 0 Å². The van der Waals surface area contributed by atoms with Gasteiger partial charge in [0.25, 0.3) is 0 Å². The van der Waals surface area contributed by atoms with E-state index in [1.807, 2.05) is 6.92 Å². The van der Waals surface area contributed by atoms with E-state index in [1.165, 1.54) is 0 Å². The summed E-state index contributed by atoms with van der Waals surface area (Å²) in [5, 5.41) is 3.27. The van der Waals surface area contributed by atoms with Crippen molar-refractivity contribution in [3.05, 3.63) is 0 Å². The van der Waals surface area contributed by atoms with E-state index in [0.717, 1.165) is 13.2 Å². The van der Waals surface area contributed by atoms with E-state index in [-0.39, 0.29) is 6.10 Å². The van der Waals surface area contributed by atoms with Crippen LogP contribution in [-0.4, -0.2) is 39.0 Å². The molecule has 0 aromatic carbocycles. The highest BCUT2D eigenvalue weighted by atomic mass is 16.5. The fourth-order valence-electron chi connectivity index (χ4n) is 0.737. The Bertz CT molecular complexity index is 96.5. The van der Waals surface area contributed by atoms with Crippen LogP contribution >= 0.6 is 0 Å². The third kappa shape index (κ3) is 7.98. The Morgan fingerprint density at radius 3 is 2.42 bits per heavy atom. The molecule has 1 atom stereocenters. The van der Waals surface area contributed by atoms with Gasteiger partial charge < -0.3 is 14.8 Å². The fraction of sp³-hybridized carbons (Fsp3) is 1.00. The first kappa shape index (κ1) is 11.9. The summed E-state index contributed by atoms with van der Waals surface area (Å²) >= 11 is 0. The SMILES string of the molecule is COC(C)COCCNC(C)C. The highest BCUT2D eigenvalue weighted by molar-refractivity contribution is 4.51. The highest BCUT2D eigenvalue weighted by Crippen LogP contribution is 1.88. The monoisotopic (exact) mass is 175 g/mol. The Morgan fingerprint density at radius 2 is 1.92 bits per heavy atom. The summed E-state index contributed by atoms with van der Waals surface area (Å²) in [6, 6.07) is 0.536. The van der Waals surface area contributed by atoms with E-state index in [0.29, 0.717) is 12.6 Å². The van der Waals surface area contributed by atoms with E-state index >= 15 is 0 Å². The van der Waals surface area contributed by atoms with Gasteiger partial charge in [-0.05, 0) is 6.92 Å². The summed E-state index contributed by atoms with van der Waals surface area (Å²) in [4.78, 5) is 0. The van der Waals surface area contributed by atoms with Gasteiger partial charge >= 0.3 is 0 Å². The first-order valence-corrected chi connectivity index (χ1v) is 4.50. The Hall–Kier alpha value is -0.120. The number of rotatable bonds is 7. The van der Waals surface area contributed by atoms with Crippen molar-refractivity contribution >= 4 is 0 Å². The first-order chi connectivity index (χ1) is 5.66. The van der Waals surface area contributed by atoms with E-state index in [1.54, 1.807) is 7.11 Å². The van der Waals surface area contributed by atoms with Crippen LogP contribution in [0.15, 0.2) is 0 Å². The first-order valence-electron chi connectivity index (χ1n) is 4.50. The molecule has 0 heterocycles. The molecule has 0 fully saturated rings. The summed E-state index contributed by atoms with van der Waals surface area (Å²) in [5.74, 6) is 0. The van der Waals surface area contributed by atoms with Gasteiger partial charge in [0.1, 0.15) is 0 Å². The standard InChI is InChI=1S/C9H21NO2/c1-8(2)10-5-6-12-7-9(3)11-4/h8-10H,5-7H2,1-4H3. The van der Waals surface area contributed by atoms with Gasteiger partial charge in [-0.25, -0.2) is 0 Å². The highest BCUT2D eigenvalue weighted by Gasteiger charge is 1.98. The Labute approximate surface area is 75.4 Å². The maximum Gasteiger partial charge on any atom is 0.0776 e. The number of hydrogen-bond donors (Lipinski definition) is 1. The molecule has 0 bridgehead atoms. The molecule has 74 valence electrons. The smallest absolute Gasteiger partial charge is 0.0776 e. The predicted molar refractivity (Wildman–Crippen MR) is 50.4 cm³/mol. The van der Waals surface area contributed by atoms with Crippen LogP contribution in [0, 0.1) is 0 Å². The quantitative estimate of drug-likeness (QED) is 0.586. The average molecular weight is 175 g/mol. The lowest BCUT2D eigenvalue weighted by atomic mass is 10.4. The molecule has 0 spiro atoms. The van der Waals surface area contributed by atoms with Gasteiger partial charge in [0.05, 0.1) is 19.3 Å². The maximum atomic E-state index is 5.35. The van der Waals surface area contributed by atoms with Gasteiger partial charge in [-0.1, -0.05) is 13.8 Å². The Morgan fingerprint density at radius 1 is 1.25 bits per heavy atom. The molecule has 0 aliphatic heterocycles. The van der Waals surface area contributed by atoms with E-state index < -0.39 is 0 Å². The molecule has 0 saturated heterocycles. The molecule has 0 saturated carbocycles. The van der Waals surface area contributed by atoms with Crippen LogP contribution in [-0.2, 0) is 9.47 Å². The molecule has 1 unspecified atom stereocenters. The molecule has 0 amide bonds. The topological polar surface area (TPSA) is 30.5 Å². The van der Waals surface area contributed by atoms with E-state index in [9.17, 15) is 0 Å². The largest absolute Gasteiger partial charge is 0.379 e. The van der Waals surface area contributed by atoms with Crippen molar-refractivity contribution in [3.63, 3.8) is 0 Å². The van der Waals surface area contributed by atoms with Crippen molar-refractivity contribution in [2.75, 3.05) is 26.9 Å². The lowest BCUT2D eigenvalue weighted by molar-refractivity contribution is 0.0194. The van der Waals surface area contributed by atoms with Crippen LogP contribution in [0.5, 0.6) is 0 Å². The zero-order valence-electron chi connectivity index (χ0n) is 8.59. The summed E-state index contributed by atoms with van der Waals surface area (Å²) in [6.07, 6.45) is 0.198. The zero-order valence-corrected chi connectivity index (χ0v) is 8.59. The van der Waals surface area contributed by atoms with Gasteiger partial charge in [0.15, 0.2) is 0 Å². The molecule has 3 nitrogen and oxygen atoms in total. The van der Waals surface area contributed by atoms with Gasteiger partial charge in [-0.3, -0.25) is 0 Å². The minimum Gasteiger partial charge on any atom is -0.379 e. The summed E-state index contributed by atoms with van der Waals surface area (Å²) in [7, 11) is 1.69. The van der Waals surface area contributed by atoms with Crippen LogP contribution in [0.25, 0.3) is 0 Å². The van der Waals surface area contributed by atoms with Crippen molar-refractivity contribution < 1.29 is 9.47 Å². The second kappa shape index (κ2) is 7.53.